The quantitative estimate of drug-likeness (QED) is 0.510. The van der Waals surface area contributed by atoms with Crippen molar-refractivity contribution in [2.24, 2.45) is 0 Å². The van der Waals surface area contributed by atoms with Gasteiger partial charge in [0.1, 0.15) is 5.01 Å². The molecule has 0 unspecified atom stereocenters. The maximum Gasteiger partial charge on any atom is 0.270 e. The van der Waals surface area contributed by atoms with Gasteiger partial charge in [0.25, 0.3) is 5.69 Å². The molecule has 3 aromatic rings. The van der Waals surface area contributed by atoms with Crippen LogP contribution in [0.2, 0.25) is 0 Å². The Labute approximate surface area is 147 Å². The van der Waals surface area contributed by atoms with E-state index in [9.17, 15) is 10.1 Å². The predicted octanol–water partition coefficient (Wildman–Crippen LogP) is 4.55. The molecule has 1 aliphatic heterocycles. The second-order valence-electron chi connectivity index (χ2n) is 5.56. The van der Waals surface area contributed by atoms with E-state index >= 15 is 0 Å². The zero-order valence-corrected chi connectivity index (χ0v) is 14.0. The Bertz CT molecular complexity index is 938. The Morgan fingerprint density at radius 1 is 1.04 bits per heavy atom. The van der Waals surface area contributed by atoms with Gasteiger partial charge < -0.3 is 9.47 Å². The highest BCUT2D eigenvalue weighted by molar-refractivity contribution is 7.13. The molecule has 0 aliphatic carbocycles. The molecule has 0 fully saturated rings. The average Bonchev–Trinajstić information content (AvgIpc) is 3.01. The zero-order chi connectivity index (χ0) is 17.2. The molecule has 0 saturated carbocycles. The van der Waals surface area contributed by atoms with Gasteiger partial charge in [-0.25, -0.2) is 4.98 Å². The smallest absolute Gasteiger partial charge is 0.270 e. The van der Waals surface area contributed by atoms with Gasteiger partial charge in [0, 0.05) is 35.1 Å². The molecule has 0 amide bonds. The summed E-state index contributed by atoms with van der Waals surface area (Å²) in [5.41, 5.74) is 2.53. The van der Waals surface area contributed by atoms with Gasteiger partial charge in [-0.3, -0.25) is 10.1 Å². The second kappa shape index (κ2) is 6.52. The van der Waals surface area contributed by atoms with Crippen LogP contribution in [0.1, 0.15) is 6.42 Å². The number of thiazole rings is 1. The Hall–Kier alpha value is -2.93. The summed E-state index contributed by atoms with van der Waals surface area (Å²) in [7, 11) is 0. The number of nitro groups is 1. The molecule has 7 heteroatoms. The Balaban J connectivity index is 1.66. The van der Waals surface area contributed by atoms with E-state index < -0.39 is 4.92 Å². The van der Waals surface area contributed by atoms with Crippen molar-refractivity contribution in [3.8, 4) is 33.3 Å². The average molecular weight is 354 g/mol. The highest BCUT2D eigenvalue weighted by Crippen LogP contribution is 2.36. The second-order valence-corrected chi connectivity index (χ2v) is 6.42. The molecular formula is C18H14N2O4S. The highest BCUT2D eigenvalue weighted by Gasteiger charge is 2.14. The van der Waals surface area contributed by atoms with E-state index in [0.29, 0.717) is 13.2 Å². The maximum absolute atomic E-state index is 10.9. The van der Waals surface area contributed by atoms with E-state index in [1.54, 1.807) is 6.07 Å². The van der Waals surface area contributed by atoms with Crippen LogP contribution < -0.4 is 9.47 Å². The normalized spacial score (nSPS) is 13.3. The molecule has 0 spiro atoms. The van der Waals surface area contributed by atoms with Gasteiger partial charge in [0.15, 0.2) is 11.5 Å². The fourth-order valence-electron chi connectivity index (χ4n) is 2.61. The van der Waals surface area contributed by atoms with Gasteiger partial charge in [-0.15, -0.1) is 11.3 Å². The maximum atomic E-state index is 10.9. The number of nitro benzene ring substituents is 1. The lowest BCUT2D eigenvalue weighted by atomic mass is 10.1. The molecule has 0 radical (unpaired) electrons. The summed E-state index contributed by atoms with van der Waals surface area (Å²) >= 11 is 1.45. The van der Waals surface area contributed by atoms with E-state index in [-0.39, 0.29) is 5.69 Å². The summed E-state index contributed by atoms with van der Waals surface area (Å²) in [6, 6.07) is 12.3. The lowest BCUT2D eigenvalue weighted by molar-refractivity contribution is -0.384. The number of hydrogen-bond acceptors (Lipinski definition) is 6. The molecule has 6 nitrogen and oxygen atoms in total. The van der Waals surface area contributed by atoms with Crippen LogP contribution in [0.3, 0.4) is 0 Å². The van der Waals surface area contributed by atoms with Crippen LogP contribution in [0, 0.1) is 10.1 Å². The van der Waals surface area contributed by atoms with Gasteiger partial charge in [-0.1, -0.05) is 12.1 Å². The van der Waals surface area contributed by atoms with Crippen molar-refractivity contribution in [1.82, 2.24) is 4.98 Å². The number of non-ortho nitro benzene ring substituents is 1. The minimum Gasteiger partial charge on any atom is -0.490 e. The van der Waals surface area contributed by atoms with Gasteiger partial charge in [-0.2, -0.15) is 0 Å². The monoisotopic (exact) mass is 354 g/mol. The topological polar surface area (TPSA) is 74.5 Å². The molecule has 0 bridgehead atoms. The van der Waals surface area contributed by atoms with Crippen LogP contribution in [-0.2, 0) is 0 Å². The van der Waals surface area contributed by atoms with Crippen LogP contribution in [0.5, 0.6) is 11.5 Å². The fraction of sp³-hybridized carbons (Fsp3) is 0.167. The first-order chi connectivity index (χ1) is 12.2. The Morgan fingerprint density at radius 3 is 2.72 bits per heavy atom. The van der Waals surface area contributed by atoms with Gasteiger partial charge >= 0.3 is 0 Å². The summed E-state index contributed by atoms with van der Waals surface area (Å²) in [4.78, 5) is 15.2. The molecule has 25 heavy (non-hydrogen) atoms. The third-order valence-corrected chi connectivity index (χ3v) is 4.74. The van der Waals surface area contributed by atoms with E-state index in [1.165, 1.54) is 23.5 Å². The van der Waals surface area contributed by atoms with Crippen LogP contribution >= 0.6 is 11.3 Å². The Morgan fingerprint density at radius 2 is 1.88 bits per heavy atom. The highest BCUT2D eigenvalue weighted by atomic mass is 32.1. The first kappa shape index (κ1) is 15.6. The Kier molecular flexibility index (Phi) is 4.07. The van der Waals surface area contributed by atoms with Gasteiger partial charge in [0.2, 0.25) is 0 Å². The van der Waals surface area contributed by atoms with Gasteiger partial charge in [0.05, 0.1) is 23.8 Å². The molecule has 0 atom stereocenters. The number of ether oxygens (including phenoxy) is 2. The molecule has 2 aromatic carbocycles. The van der Waals surface area contributed by atoms with Gasteiger partial charge in [-0.05, 0) is 18.2 Å². The number of benzene rings is 2. The largest absolute Gasteiger partial charge is 0.490 e. The molecular weight excluding hydrogens is 340 g/mol. The van der Waals surface area contributed by atoms with Crippen molar-refractivity contribution in [3.05, 3.63) is 58.0 Å². The lowest BCUT2D eigenvalue weighted by Gasteiger charge is -2.08. The standard InChI is InChI=1S/C18H14N2O4S/c21-20(22)14-4-1-3-13(9-14)18-19-15(11-25-18)12-5-6-16-17(10-12)24-8-2-7-23-16/h1,3-6,9-11H,2,7-8H2. The summed E-state index contributed by atoms with van der Waals surface area (Å²) in [6.07, 6.45) is 0.859. The minimum atomic E-state index is -0.401. The van der Waals surface area contributed by atoms with Crippen molar-refractivity contribution in [3.63, 3.8) is 0 Å². The van der Waals surface area contributed by atoms with Crippen LogP contribution in [0.15, 0.2) is 47.8 Å². The molecule has 1 aromatic heterocycles. The molecule has 2 heterocycles. The number of hydrogen-bond donors (Lipinski definition) is 0. The zero-order valence-electron chi connectivity index (χ0n) is 13.2. The van der Waals surface area contributed by atoms with Crippen molar-refractivity contribution >= 4 is 17.0 Å². The lowest BCUT2D eigenvalue weighted by Crippen LogP contribution is -1.97. The number of rotatable bonds is 3. The third kappa shape index (κ3) is 3.18. The predicted molar refractivity (Wildman–Crippen MR) is 95.2 cm³/mol. The fourth-order valence-corrected chi connectivity index (χ4v) is 3.44. The van der Waals surface area contributed by atoms with E-state index in [0.717, 1.165) is 39.7 Å². The number of nitrogens with zero attached hydrogens (tertiary/aromatic N) is 2. The van der Waals surface area contributed by atoms with Crippen molar-refractivity contribution in [1.29, 1.82) is 0 Å². The molecule has 126 valence electrons. The molecule has 0 N–H and O–H groups in total. The summed E-state index contributed by atoms with van der Waals surface area (Å²) in [5, 5.41) is 13.6. The molecule has 4 rings (SSSR count). The SMILES string of the molecule is O=[N+]([O-])c1cccc(-c2nc(-c3ccc4c(c3)OCCCO4)cs2)c1. The number of fused-ring (bicyclic) bond motifs is 1. The molecule has 0 saturated heterocycles. The summed E-state index contributed by atoms with van der Waals surface area (Å²) < 4.78 is 11.4. The number of aromatic nitrogens is 1. The first-order valence-electron chi connectivity index (χ1n) is 7.81. The van der Waals surface area contributed by atoms with Crippen LogP contribution in [-0.4, -0.2) is 23.1 Å². The van der Waals surface area contributed by atoms with Crippen molar-refractivity contribution < 1.29 is 14.4 Å². The van der Waals surface area contributed by atoms with E-state index in [2.05, 4.69) is 4.98 Å². The van der Waals surface area contributed by atoms with Crippen molar-refractivity contribution in [2.45, 2.75) is 6.42 Å². The summed E-state index contributed by atoms with van der Waals surface area (Å²) in [6.45, 7) is 1.28. The van der Waals surface area contributed by atoms with E-state index in [1.807, 2.05) is 29.6 Å². The van der Waals surface area contributed by atoms with Crippen LogP contribution in [0.25, 0.3) is 21.8 Å². The van der Waals surface area contributed by atoms with E-state index in [4.69, 9.17) is 9.47 Å². The molecule has 1 aliphatic rings. The third-order valence-electron chi connectivity index (χ3n) is 3.85. The summed E-state index contributed by atoms with van der Waals surface area (Å²) in [5.74, 6) is 1.47. The first-order valence-corrected chi connectivity index (χ1v) is 8.69. The minimum absolute atomic E-state index is 0.0600. The van der Waals surface area contributed by atoms with Crippen molar-refractivity contribution in [2.75, 3.05) is 13.2 Å². The van der Waals surface area contributed by atoms with Crippen LogP contribution in [0.4, 0.5) is 5.69 Å².